The number of hydrogen-bond acceptors (Lipinski definition) is 3. The topological polar surface area (TPSA) is 54.9 Å². The Morgan fingerprint density at radius 2 is 2.12 bits per heavy atom. The molecule has 0 saturated heterocycles. The fourth-order valence-electron chi connectivity index (χ4n) is 1.32. The molecule has 1 fully saturated rings. The van der Waals surface area contributed by atoms with Crippen molar-refractivity contribution in [1.29, 1.82) is 0 Å². The van der Waals surface area contributed by atoms with Crippen molar-refractivity contribution in [2.24, 2.45) is 0 Å². The van der Waals surface area contributed by atoms with Gasteiger partial charge in [0.2, 0.25) is 5.82 Å². The lowest BCUT2D eigenvalue weighted by Gasteiger charge is -2.19. The summed E-state index contributed by atoms with van der Waals surface area (Å²) in [7, 11) is 0. The van der Waals surface area contributed by atoms with Crippen molar-refractivity contribution in [2.45, 2.75) is 24.6 Å². The van der Waals surface area contributed by atoms with E-state index < -0.39 is 17.6 Å². The molecule has 1 heterocycles. The molecule has 0 spiro atoms. The average molecular weight is 310 g/mol. The van der Waals surface area contributed by atoms with E-state index in [2.05, 4.69) is 25.9 Å². The molecule has 17 heavy (non-hydrogen) atoms. The summed E-state index contributed by atoms with van der Waals surface area (Å²) >= 11 is 3.01. The first kappa shape index (κ1) is 12.3. The molecule has 92 valence electrons. The lowest BCUT2D eigenvalue weighted by molar-refractivity contribution is -0.163. The summed E-state index contributed by atoms with van der Waals surface area (Å²) in [6, 6.07) is 1.48. The second-order valence-electron chi connectivity index (χ2n) is 3.74. The number of carbonyl (C=O) groups is 1. The molecular formula is C9H7BrF3N3O. The molecule has 0 aromatic carbocycles. The van der Waals surface area contributed by atoms with Gasteiger partial charge in [-0.25, -0.2) is 9.97 Å². The van der Waals surface area contributed by atoms with E-state index in [9.17, 15) is 18.0 Å². The smallest absolute Gasteiger partial charge is 0.335 e. The summed E-state index contributed by atoms with van der Waals surface area (Å²) in [5, 5.41) is 1.94. The van der Waals surface area contributed by atoms with E-state index in [-0.39, 0.29) is 18.7 Å². The fraction of sp³-hybridized carbons (Fsp3) is 0.444. The van der Waals surface area contributed by atoms with Crippen LogP contribution < -0.4 is 5.32 Å². The molecule has 4 nitrogen and oxygen atoms in total. The Bertz CT molecular complexity index is 459. The largest absolute Gasteiger partial charge is 0.411 e. The SMILES string of the molecule is O=C(NC1(C(F)(F)F)CC1)c1nccc(Br)n1. The third-order valence-electron chi connectivity index (χ3n) is 2.47. The average Bonchev–Trinajstić information content (AvgIpc) is 2.98. The quantitative estimate of drug-likeness (QED) is 0.851. The van der Waals surface area contributed by atoms with Crippen LogP contribution in [-0.2, 0) is 0 Å². The monoisotopic (exact) mass is 309 g/mol. The van der Waals surface area contributed by atoms with E-state index in [0.717, 1.165) is 0 Å². The van der Waals surface area contributed by atoms with Gasteiger partial charge < -0.3 is 5.32 Å². The Balaban J connectivity index is 2.13. The van der Waals surface area contributed by atoms with Crippen molar-refractivity contribution in [3.8, 4) is 0 Å². The van der Waals surface area contributed by atoms with Gasteiger partial charge in [0, 0.05) is 6.20 Å². The number of nitrogens with one attached hydrogen (secondary N) is 1. The van der Waals surface area contributed by atoms with Gasteiger partial charge in [0.1, 0.15) is 10.1 Å². The van der Waals surface area contributed by atoms with Crippen molar-refractivity contribution in [1.82, 2.24) is 15.3 Å². The molecule has 1 aliphatic rings. The molecule has 0 aliphatic heterocycles. The number of alkyl halides is 3. The van der Waals surface area contributed by atoms with E-state index in [1.54, 1.807) is 0 Å². The molecule has 1 aromatic rings. The maximum Gasteiger partial charge on any atom is 0.411 e. The first-order valence-electron chi connectivity index (χ1n) is 4.72. The summed E-state index contributed by atoms with van der Waals surface area (Å²) in [5.41, 5.74) is -2.09. The van der Waals surface area contributed by atoms with Crippen molar-refractivity contribution < 1.29 is 18.0 Å². The van der Waals surface area contributed by atoms with Gasteiger partial charge in [-0.15, -0.1) is 0 Å². The summed E-state index contributed by atoms with van der Waals surface area (Å²) in [6.45, 7) is 0. The molecule has 0 radical (unpaired) electrons. The Kier molecular flexibility index (Phi) is 2.84. The highest BCUT2D eigenvalue weighted by molar-refractivity contribution is 9.10. The normalized spacial score (nSPS) is 17.6. The number of rotatable bonds is 2. The van der Waals surface area contributed by atoms with E-state index in [1.807, 2.05) is 5.32 Å². The summed E-state index contributed by atoms with van der Waals surface area (Å²) in [5.74, 6) is -1.20. The maximum absolute atomic E-state index is 12.6. The zero-order valence-electron chi connectivity index (χ0n) is 8.38. The van der Waals surface area contributed by atoms with Crippen LogP contribution >= 0.6 is 15.9 Å². The van der Waals surface area contributed by atoms with Gasteiger partial charge in [0.25, 0.3) is 5.91 Å². The van der Waals surface area contributed by atoms with E-state index >= 15 is 0 Å². The van der Waals surface area contributed by atoms with Crippen molar-refractivity contribution in [3.63, 3.8) is 0 Å². The molecule has 1 saturated carbocycles. The molecule has 1 aromatic heterocycles. The highest BCUT2D eigenvalue weighted by atomic mass is 79.9. The van der Waals surface area contributed by atoms with Crippen LogP contribution in [0, 0.1) is 0 Å². The molecule has 1 N–H and O–H groups in total. The molecule has 8 heteroatoms. The molecule has 0 unspecified atom stereocenters. The van der Waals surface area contributed by atoms with E-state index in [0.29, 0.717) is 4.60 Å². The Morgan fingerprint density at radius 1 is 1.47 bits per heavy atom. The predicted octanol–water partition coefficient (Wildman–Crippen LogP) is 2.06. The molecular weight excluding hydrogens is 303 g/mol. The van der Waals surface area contributed by atoms with Gasteiger partial charge in [0.05, 0.1) is 0 Å². The number of nitrogens with zero attached hydrogens (tertiary/aromatic N) is 2. The Morgan fingerprint density at radius 3 is 2.59 bits per heavy atom. The summed E-state index contributed by atoms with van der Waals surface area (Å²) in [4.78, 5) is 18.8. The van der Waals surface area contributed by atoms with Crippen LogP contribution in [0.15, 0.2) is 16.9 Å². The van der Waals surface area contributed by atoms with Gasteiger partial charge in [-0.3, -0.25) is 4.79 Å². The van der Waals surface area contributed by atoms with Crippen molar-refractivity contribution in [3.05, 3.63) is 22.7 Å². The van der Waals surface area contributed by atoms with E-state index in [1.165, 1.54) is 12.3 Å². The zero-order chi connectivity index (χ0) is 12.7. The standard InChI is InChI=1S/C9H7BrF3N3O/c10-5-1-4-14-6(15-5)7(17)16-8(2-3-8)9(11,12)13/h1,4H,2-3H2,(H,16,17). The first-order chi connectivity index (χ1) is 7.84. The number of hydrogen-bond donors (Lipinski definition) is 1. The molecule has 1 amide bonds. The van der Waals surface area contributed by atoms with E-state index in [4.69, 9.17) is 0 Å². The minimum atomic E-state index is -4.44. The van der Waals surface area contributed by atoms with Gasteiger partial charge in [-0.1, -0.05) is 0 Å². The Hall–Kier alpha value is -1.18. The van der Waals surface area contributed by atoms with Gasteiger partial charge in [-0.2, -0.15) is 13.2 Å². The van der Waals surface area contributed by atoms with Crippen LogP contribution in [-0.4, -0.2) is 27.6 Å². The molecule has 1 aliphatic carbocycles. The summed E-state index contributed by atoms with van der Waals surface area (Å²) in [6.07, 6.45) is -3.35. The first-order valence-corrected chi connectivity index (χ1v) is 5.51. The number of amides is 1. The van der Waals surface area contributed by atoms with Gasteiger partial charge >= 0.3 is 6.18 Å². The second kappa shape index (κ2) is 3.94. The molecule has 2 rings (SSSR count). The number of halogens is 4. The predicted molar refractivity (Wildman–Crippen MR) is 55.2 cm³/mol. The fourth-order valence-corrected chi connectivity index (χ4v) is 1.61. The molecule has 0 bridgehead atoms. The maximum atomic E-state index is 12.6. The van der Waals surface area contributed by atoms with Crippen LogP contribution in [0.2, 0.25) is 0 Å². The number of aromatic nitrogens is 2. The lowest BCUT2D eigenvalue weighted by atomic mass is 10.2. The minimum Gasteiger partial charge on any atom is -0.335 e. The van der Waals surface area contributed by atoms with Crippen LogP contribution in [0.1, 0.15) is 23.5 Å². The van der Waals surface area contributed by atoms with Crippen molar-refractivity contribution in [2.75, 3.05) is 0 Å². The van der Waals surface area contributed by atoms with Gasteiger partial charge in [-0.05, 0) is 34.8 Å². The lowest BCUT2D eigenvalue weighted by Crippen LogP contribution is -2.48. The molecule has 0 atom stereocenters. The van der Waals surface area contributed by atoms with Crippen LogP contribution in [0.4, 0.5) is 13.2 Å². The minimum absolute atomic E-state index is 0.101. The second-order valence-corrected chi connectivity index (χ2v) is 4.55. The van der Waals surface area contributed by atoms with Crippen LogP contribution in [0.25, 0.3) is 0 Å². The van der Waals surface area contributed by atoms with Gasteiger partial charge in [0.15, 0.2) is 0 Å². The van der Waals surface area contributed by atoms with Crippen LogP contribution in [0.3, 0.4) is 0 Å². The Labute approximate surface area is 103 Å². The van der Waals surface area contributed by atoms with Crippen LogP contribution in [0.5, 0.6) is 0 Å². The zero-order valence-corrected chi connectivity index (χ0v) is 9.97. The third-order valence-corrected chi connectivity index (χ3v) is 2.91. The number of carbonyl (C=O) groups excluding carboxylic acids is 1. The third kappa shape index (κ3) is 2.41. The summed E-state index contributed by atoms with van der Waals surface area (Å²) < 4.78 is 38.1. The van der Waals surface area contributed by atoms with Crippen molar-refractivity contribution >= 4 is 21.8 Å². The highest BCUT2D eigenvalue weighted by Gasteiger charge is 2.64. The highest BCUT2D eigenvalue weighted by Crippen LogP contribution is 2.48.